The molecule has 0 aliphatic heterocycles. The fourth-order valence-corrected chi connectivity index (χ4v) is 1.97. The summed E-state index contributed by atoms with van der Waals surface area (Å²) < 4.78 is 0. The molecule has 0 saturated heterocycles. The number of phenolic OH excluding ortho intramolecular Hbond substituents is 1. The highest BCUT2D eigenvalue weighted by atomic mass is 16.3. The lowest BCUT2D eigenvalue weighted by atomic mass is 9.96. The van der Waals surface area contributed by atoms with Gasteiger partial charge in [0.15, 0.2) is 0 Å². The van der Waals surface area contributed by atoms with Crippen LogP contribution in [0.2, 0.25) is 0 Å². The predicted molar refractivity (Wildman–Crippen MR) is 85.0 cm³/mol. The summed E-state index contributed by atoms with van der Waals surface area (Å²) in [7, 11) is 0. The first-order valence-electron chi connectivity index (χ1n) is 7.10. The van der Waals surface area contributed by atoms with E-state index in [0.717, 1.165) is 16.7 Å². The van der Waals surface area contributed by atoms with Crippen LogP contribution in [-0.2, 0) is 12.8 Å². The van der Waals surface area contributed by atoms with Crippen molar-refractivity contribution in [1.82, 2.24) is 0 Å². The molecule has 0 bridgehead atoms. The zero-order valence-electron chi connectivity index (χ0n) is 13.2. The van der Waals surface area contributed by atoms with Crippen LogP contribution in [0, 0.1) is 0 Å². The molecule has 1 rings (SSSR count). The predicted octanol–water partition coefficient (Wildman–Crippen LogP) is 4.46. The topological polar surface area (TPSA) is 40.5 Å². The van der Waals surface area contributed by atoms with E-state index in [0.29, 0.717) is 18.6 Å². The SMILES string of the molecule is CC(C)=CCc1cc([C@H](C)O)cc(CC=C(C)C)c1O. The second kappa shape index (κ2) is 7.30. The van der Waals surface area contributed by atoms with E-state index in [9.17, 15) is 10.2 Å². The zero-order chi connectivity index (χ0) is 15.3. The normalized spacial score (nSPS) is 11.9. The van der Waals surface area contributed by atoms with E-state index in [2.05, 4.69) is 12.2 Å². The minimum Gasteiger partial charge on any atom is -0.507 e. The first kappa shape index (κ1) is 16.5. The Bertz CT molecular complexity index is 473. The number of rotatable bonds is 5. The van der Waals surface area contributed by atoms with E-state index in [-0.39, 0.29) is 0 Å². The summed E-state index contributed by atoms with van der Waals surface area (Å²) in [4.78, 5) is 0. The summed E-state index contributed by atoms with van der Waals surface area (Å²) in [6.45, 7) is 9.92. The third-order valence-electron chi connectivity index (χ3n) is 3.23. The van der Waals surface area contributed by atoms with Crippen molar-refractivity contribution in [1.29, 1.82) is 0 Å². The van der Waals surface area contributed by atoms with E-state index >= 15 is 0 Å². The lowest BCUT2D eigenvalue weighted by Crippen LogP contribution is -1.98. The number of phenols is 1. The molecule has 1 atom stereocenters. The van der Waals surface area contributed by atoms with Gasteiger partial charge in [0.05, 0.1) is 6.10 Å². The van der Waals surface area contributed by atoms with Crippen LogP contribution < -0.4 is 0 Å². The minimum atomic E-state index is -0.522. The third-order valence-corrected chi connectivity index (χ3v) is 3.23. The minimum absolute atomic E-state index is 0.351. The number of benzene rings is 1. The van der Waals surface area contributed by atoms with E-state index in [4.69, 9.17) is 0 Å². The van der Waals surface area contributed by atoms with Gasteiger partial charge in [-0.3, -0.25) is 0 Å². The van der Waals surface area contributed by atoms with Crippen LogP contribution in [0.25, 0.3) is 0 Å². The van der Waals surface area contributed by atoms with E-state index in [1.165, 1.54) is 11.1 Å². The van der Waals surface area contributed by atoms with Crippen molar-refractivity contribution in [3.63, 3.8) is 0 Å². The molecular weight excluding hydrogens is 248 g/mol. The van der Waals surface area contributed by atoms with Gasteiger partial charge in [-0.1, -0.05) is 23.3 Å². The first-order valence-corrected chi connectivity index (χ1v) is 7.10. The Balaban J connectivity index is 3.21. The molecule has 0 aliphatic carbocycles. The Morgan fingerprint density at radius 2 is 1.40 bits per heavy atom. The number of hydrogen-bond acceptors (Lipinski definition) is 2. The van der Waals surface area contributed by atoms with Crippen molar-refractivity contribution >= 4 is 0 Å². The zero-order valence-corrected chi connectivity index (χ0v) is 13.2. The fraction of sp³-hybridized carbons (Fsp3) is 0.444. The van der Waals surface area contributed by atoms with Gasteiger partial charge in [0.1, 0.15) is 5.75 Å². The second-order valence-corrected chi connectivity index (χ2v) is 5.83. The van der Waals surface area contributed by atoms with E-state index in [1.54, 1.807) is 6.92 Å². The van der Waals surface area contributed by atoms with Gasteiger partial charge in [-0.15, -0.1) is 0 Å². The Kier molecular flexibility index (Phi) is 6.03. The largest absolute Gasteiger partial charge is 0.507 e. The van der Waals surface area contributed by atoms with Crippen LogP contribution in [0.1, 0.15) is 57.4 Å². The van der Waals surface area contributed by atoms with Crippen LogP contribution in [0.3, 0.4) is 0 Å². The molecule has 20 heavy (non-hydrogen) atoms. The Labute approximate surface area is 122 Å². The molecule has 0 radical (unpaired) electrons. The number of aliphatic hydroxyl groups is 1. The average Bonchev–Trinajstić information content (AvgIpc) is 2.35. The van der Waals surface area contributed by atoms with Crippen molar-refractivity contribution in [2.75, 3.05) is 0 Å². The van der Waals surface area contributed by atoms with Gasteiger partial charge in [0.25, 0.3) is 0 Å². The molecule has 2 N–H and O–H groups in total. The lowest BCUT2D eigenvalue weighted by molar-refractivity contribution is 0.199. The van der Waals surface area contributed by atoms with Crippen molar-refractivity contribution in [3.05, 3.63) is 52.1 Å². The Morgan fingerprint density at radius 1 is 1.00 bits per heavy atom. The maximum Gasteiger partial charge on any atom is 0.122 e. The van der Waals surface area contributed by atoms with Gasteiger partial charge < -0.3 is 10.2 Å². The fourth-order valence-electron chi connectivity index (χ4n) is 1.97. The van der Waals surface area contributed by atoms with Crippen LogP contribution >= 0.6 is 0 Å². The van der Waals surface area contributed by atoms with Crippen molar-refractivity contribution < 1.29 is 10.2 Å². The average molecular weight is 274 g/mol. The molecule has 0 saturated carbocycles. The highest BCUT2D eigenvalue weighted by Gasteiger charge is 2.11. The second-order valence-electron chi connectivity index (χ2n) is 5.83. The number of hydrogen-bond donors (Lipinski definition) is 2. The summed E-state index contributed by atoms with van der Waals surface area (Å²) in [5.41, 5.74) is 5.05. The molecule has 0 amide bonds. The number of allylic oxidation sites excluding steroid dienone is 4. The van der Waals surface area contributed by atoms with E-state index < -0.39 is 6.10 Å². The maximum atomic E-state index is 10.4. The van der Waals surface area contributed by atoms with Crippen LogP contribution in [0.15, 0.2) is 35.4 Å². The van der Waals surface area contributed by atoms with Gasteiger partial charge in [-0.05, 0) is 76.3 Å². The molecule has 110 valence electrons. The van der Waals surface area contributed by atoms with Gasteiger partial charge in [0.2, 0.25) is 0 Å². The monoisotopic (exact) mass is 274 g/mol. The Hall–Kier alpha value is -1.54. The van der Waals surface area contributed by atoms with Crippen LogP contribution in [0.4, 0.5) is 0 Å². The molecule has 0 fully saturated rings. The highest BCUT2D eigenvalue weighted by molar-refractivity contribution is 5.46. The van der Waals surface area contributed by atoms with Gasteiger partial charge in [-0.25, -0.2) is 0 Å². The first-order chi connectivity index (χ1) is 9.31. The highest BCUT2D eigenvalue weighted by Crippen LogP contribution is 2.29. The number of aliphatic hydroxyl groups excluding tert-OH is 1. The summed E-state index contributed by atoms with van der Waals surface area (Å²) in [5, 5.41) is 20.2. The van der Waals surface area contributed by atoms with Crippen LogP contribution in [-0.4, -0.2) is 10.2 Å². The third kappa shape index (κ3) is 4.86. The van der Waals surface area contributed by atoms with Gasteiger partial charge in [0, 0.05) is 0 Å². The van der Waals surface area contributed by atoms with E-state index in [1.807, 2.05) is 39.8 Å². The van der Waals surface area contributed by atoms with Gasteiger partial charge in [-0.2, -0.15) is 0 Å². The van der Waals surface area contributed by atoms with Gasteiger partial charge >= 0.3 is 0 Å². The molecule has 2 heteroatoms. The molecule has 2 nitrogen and oxygen atoms in total. The number of aromatic hydroxyl groups is 1. The summed E-state index contributed by atoms with van der Waals surface area (Å²) in [6, 6.07) is 3.79. The molecule has 0 heterocycles. The molecule has 0 spiro atoms. The quantitative estimate of drug-likeness (QED) is 0.778. The molecule has 1 aromatic carbocycles. The summed E-state index contributed by atoms with van der Waals surface area (Å²) in [5.74, 6) is 0.351. The van der Waals surface area contributed by atoms with Crippen molar-refractivity contribution in [2.45, 2.75) is 53.6 Å². The lowest BCUT2D eigenvalue weighted by Gasteiger charge is -2.13. The summed E-state index contributed by atoms with van der Waals surface area (Å²) >= 11 is 0. The van der Waals surface area contributed by atoms with Crippen LogP contribution in [0.5, 0.6) is 5.75 Å². The molecule has 0 aliphatic rings. The summed E-state index contributed by atoms with van der Waals surface area (Å²) in [6.07, 6.45) is 5.04. The Morgan fingerprint density at radius 3 is 1.70 bits per heavy atom. The molecule has 1 aromatic rings. The molecular formula is C18H26O2. The van der Waals surface area contributed by atoms with Crippen molar-refractivity contribution in [2.24, 2.45) is 0 Å². The molecule has 0 unspecified atom stereocenters. The standard InChI is InChI=1S/C18H26O2/c1-12(2)6-8-15-10-17(14(5)19)11-16(18(15)20)9-7-13(3)4/h6-7,10-11,14,19-20H,8-9H2,1-5H3/t14-/m0/s1. The maximum absolute atomic E-state index is 10.4. The molecule has 0 aromatic heterocycles. The smallest absolute Gasteiger partial charge is 0.122 e. The van der Waals surface area contributed by atoms with Crippen molar-refractivity contribution in [3.8, 4) is 5.75 Å².